The van der Waals surface area contributed by atoms with Crippen molar-refractivity contribution in [1.29, 1.82) is 0 Å². The van der Waals surface area contributed by atoms with Gasteiger partial charge in [0.2, 0.25) is 0 Å². The Hall–Kier alpha value is -1.98. The van der Waals surface area contributed by atoms with Gasteiger partial charge in [-0.3, -0.25) is 14.3 Å². The molecule has 0 saturated heterocycles. The van der Waals surface area contributed by atoms with Gasteiger partial charge in [-0.25, -0.2) is 14.8 Å². The maximum Gasteiger partial charge on any atom is 0.329 e. The first-order valence-corrected chi connectivity index (χ1v) is 4.02. The van der Waals surface area contributed by atoms with Crippen molar-refractivity contribution < 1.29 is 0 Å². The number of hydrogen-bond acceptors (Lipinski definition) is 4. The summed E-state index contributed by atoms with van der Waals surface area (Å²) in [5, 5.41) is 0.317. The normalized spacial score (nSPS) is 10.7. The van der Waals surface area contributed by atoms with Crippen molar-refractivity contribution >= 4 is 11.0 Å². The number of H-pyrrole nitrogens is 1. The largest absolute Gasteiger partial charge is 0.329 e. The summed E-state index contributed by atoms with van der Waals surface area (Å²) < 4.78 is 1.28. The quantitative estimate of drug-likeness (QED) is 0.600. The second-order valence-electron chi connectivity index (χ2n) is 2.97. The van der Waals surface area contributed by atoms with E-state index in [1.54, 1.807) is 14.0 Å². The molecule has 0 unspecified atom stereocenters. The Kier molecular flexibility index (Phi) is 1.70. The topological polar surface area (TPSA) is 80.6 Å². The van der Waals surface area contributed by atoms with E-state index in [0.29, 0.717) is 16.9 Å². The maximum atomic E-state index is 11.3. The van der Waals surface area contributed by atoms with Gasteiger partial charge in [0.25, 0.3) is 5.56 Å². The summed E-state index contributed by atoms with van der Waals surface area (Å²) in [6.45, 7) is 1.70. The van der Waals surface area contributed by atoms with Gasteiger partial charge in [-0.2, -0.15) is 0 Å². The maximum absolute atomic E-state index is 11.3. The van der Waals surface area contributed by atoms with Crippen LogP contribution >= 0.6 is 0 Å². The van der Waals surface area contributed by atoms with Crippen LogP contribution in [0, 0.1) is 6.92 Å². The number of aromatic amines is 1. The molecule has 0 aromatic carbocycles. The van der Waals surface area contributed by atoms with Gasteiger partial charge in [0.15, 0.2) is 5.65 Å². The van der Waals surface area contributed by atoms with Gasteiger partial charge < -0.3 is 0 Å². The molecule has 0 bridgehead atoms. The zero-order valence-electron chi connectivity index (χ0n) is 7.74. The molecule has 2 rings (SSSR count). The number of fused-ring (bicyclic) bond motifs is 1. The molecule has 6 nitrogen and oxygen atoms in total. The summed E-state index contributed by atoms with van der Waals surface area (Å²) in [4.78, 5) is 32.6. The molecule has 0 atom stereocenters. The molecule has 0 aliphatic rings. The zero-order chi connectivity index (χ0) is 10.3. The minimum atomic E-state index is -0.472. The lowest BCUT2D eigenvalue weighted by Gasteiger charge is -2.01. The average molecular weight is 192 g/mol. The third-order valence-electron chi connectivity index (χ3n) is 1.98. The van der Waals surface area contributed by atoms with Gasteiger partial charge in [-0.15, -0.1) is 0 Å². The highest BCUT2D eigenvalue weighted by atomic mass is 16.2. The van der Waals surface area contributed by atoms with E-state index in [9.17, 15) is 9.59 Å². The molecule has 2 heterocycles. The molecule has 1 N–H and O–H groups in total. The van der Waals surface area contributed by atoms with Crippen LogP contribution in [0.25, 0.3) is 11.0 Å². The van der Waals surface area contributed by atoms with E-state index in [1.165, 1.54) is 10.8 Å². The number of aryl methyl sites for hydroxylation is 2. The summed E-state index contributed by atoms with van der Waals surface area (Å²) in [5.74, 6) is 0.526. The molecule has 2 aromatic heterocycles. The van der Waals surface area contributed by atoms with Crippen LogP contribution in [0.15, 0.2) is 15.8 Å². The molecule has 0 aliphatic carbocycles. The Balaban J connectivity index is 3.11. The highest BCUT2D eigenvalue weighted by Crippen LogP contribution is 2.00. The monoisotopic (exact) mass is 192 g/mol. The molecule has 2 aromatic rings. The Morgan fingerprint density at radius 3 is 2.86 bits per heavy atom. The third kappa shape index (κ3) is 1.12. The lowest BCUT2D eigenvalue weighted by molar-refractivity contribution is 0.820. The molecule has 0 fully saturated rings. The minimum absolute atomic E-state index is 0.317. The molecule has 0 saturated carbocycles. The van der Waals surface area contributed by atoms with Crippen molar-refractivity contribution in [2.75, 3.05) is 0 Å². The standard InChI is InChI=1S/C8H8N4O2/c1-4-9-3-5-6(10-4)12(2)8(14)11-7(5)13/h3H,1-2H3,(H,11,13,14). The summed E-state index contributed by atoms with van der Waals surface area (Å²) in [6, 6.07) is 0. The minimum Gasteiger partial charge on any atom is -0.281 e. The number of aromatic nitrogens is 4. The SMILES string of the molecule is Cc1ncc2c(=O)[nH]c(=O)n(C)c2n1. The van der Waals surface area contributed by atoms with Crippen LogP contribution in [0.3, 0.4) is 0 Å². The number of nitrogens with zero attached hydrogens (tertiary/aromatic N) is 3. The Bertz CT molecular complexity index is 611. The van der Waals surface area contributed by atoms with E-state index in [0.717, 1.165) is 0 Å². The lowest BCUT2D eigenvalue weighted by atomic mass is 10.4. The zero-order valence-corrected chi connectivity index (χ0v) is 7.74. The first-order valence-electron chi connectivity index (χ1n) is 4.02. The van der Waals surface area contributed by atoms with E-state index >= 15 is 0 Å². The fourth-order valence-corrected chi connectivity index (χ4v) is 1.22. The van der Waals surface area contributed by atoms with Crippen molar-refractivity contribution in [1.82, 2.24) is 19.5 Å². The fourth-order valence-electron chi connectivity index (χ4n) is 1.22. The van der Waals surface area contributed by atoms with Crippen molar-refractivity contribution in [3.63, 3.8) is 0 Å². The van der Waals surface area contributed by atoms with Crippen LogP contribution in [-0.2, 0) is 7.05 Å². The first-order chi connectivity index (χ1) is 6.59. The number of rotatable bonds is 0. The molecule has 0 spiro atoms. The van der Waals surface area contributed by atoms with E-state index in [1.807, 2.05) is 0 Å². The van der Waals surface area contributed by atoms with Crippen LogP contribution in [-0.4, -0.2) is 19.5 Å². The van der Waals surface area contributed by atoms with Crippen LogP contribution < -0.4 is 11.2 Å². The van der Waals surface area contributed by atoms with Crippen LogP contribution in [0.1, 0.15) is 5.82 Å². The summed E-state index contributed by atoms with van der Waals surface area (Å²) in [6.07, 6.45) is 1.41. The van der Waals surface area contributed by atoms with E-state index in [2.05, 4.69) is 15.0 Å². The number of hydrogen-bond donors (Lipinski definition) is 1. The highest BCUT2D eigenvalue weighted by Gasteiger charge is 2.05. The van der Waals surface area contributed by atoms with Gasteiger partial charge in [-0.05, 0) is 6.92 Å². The molecular weight excluding hydrogens is 184 g/mol. The number of nitrogens with one attached hydrogen (secondary N) is 1. The van der Waals surface area contributed by atoms with E-state index in [-0.39, 0.29) is 0 Å². The fraction of sp³-hybridized carbons (Fsp3) is 0.250. The molecular formula is C8H8N4O2. The molecule has 0 radical (unpaired) electrons. The predicted molar refractivity (Wildman–Crippen MR) is 50.1 cm³/mol. The highest BCUT2D eigenvalue weighted by molar-refractivity contribution is 5.72. The summed E-state index contributed by atoms with van der Waals surface area (Å²) >= 11 is 0. The van der Waals surface area contributed by atoms with Crippen LogP contribution in [0.2, 0.25) is 0 Å². The van der Waals surface area contributed by atoms with E-state index < -0.39 is 11.2 Å². The Labute approximate surface area is 78.3 Å². The van der Waals surface area contributed by atoms with Gasteiger partial charge in [-0.1, -0.05) is 0 Å². The molecule has 6 heteroatoms. The Morgan fingerprint density at radius 1 is 1.43 bits per heavy atom. The van der Waals surface area contributed by atoms with Crippen molar-refractivity contribution in [3.8, 4) is 0 Å². The summed E-state index contributed by atoms with van der Waals surface area (Å²) in [7, 11) is 1.55. The van der Waals surface area contributed by atoms with E-state index in [4.69, 9.17) is 0 Å². The second-order valence-corrected chi connectivity index (χ2v) is 2.97. The molecule has 0 amide bonds. The Morgan fingerprint density at radius 2 is 2.14 bits per heavy atom. The second kappa shape index (κ2) is 2.76. The summed E-state index contributed by atoms with van der Waals surface area (Å²) in [5.41, 5.74) is -0.574. The van der Waals surface area contributed by atoms with Crippen molar-refractivity contribution in [3.05, 3.63) is 32.9 Å². The molecule has 14 heavy (non-hydrogen) atoms. The van der Waals surface area contributed by atoms with Gasteiger partial charge in [0.05, 0.1) is 0 Å². The lowest BCUT2D eigenvalue weighted by Crippen LogP contribution is -2.29. The van der Waals surface area contributed by atoms with Gasteiger partial charge >= 0.3 is 5.69 Å². The van der Waals surface area contributed by atoms with Crippen molar-refractivity contribution in [2.45, 2.75) is 6.92 Å². The van der Waals surface area contributed by atoms with Crippen molar-refractivity contribution in [2.24, 2.45) is 7.05 Å². The first kappa shape index (κ1) is 8.61. The molecule has 72 valence electrons. The van der Waals surface area contributed by atoms with Gasteiger partial charge in [0, 0.05) is 13.2 Å². The predicted octanol–water partition coefficient (Wildman–Crippen LogP) is -0.675. The third-order valence-corrected chi connectivity index (χ3v) is 1.98. The molecule has 0 aliphatic heterocycles. The van der Waals surface area contributed by atoms with Crippen LogP contribution in [0.4, 0.5) is 0 Å². The van der Waals surface area contributed by atoms with Crippen LogP contribution in [0.5, 0.6) is 0 Å². The average Bonchev–Trinajstić information content (AvgIpc) is 2.14. The van der Waals surface area contributed by atoms with Gasteiger partial charge in [0.1, 0.15) is 11.2 Å². The smallest absolute Gasteiger partial charge is 0.281 e.